The summed E-state index contributed by atoms with van der Waals surface area (Å²) in [4.78, 5) is 52.0. The molecule has 25 heavy (non-hydrogen) atoms. The molecular formula is C16H13N3O4S2. The summed E-state index contributed by atoms with van der Waals surface area (Å²) in [5.74, 6) is -0.751. The number of H-pyrrole nitrogens is 1. The highest BCUT2D eigenvalue weighted by Crippen LogP contribution is 2.32. The zero-order valence-electron chi connectivity index (χ0n) is 12.9. The molecule has 0 aromatic carbocycles. The van der Waals surface area contributed by atoms with Crippen molar-refractivity contribution in [1.29, 1.82) is 0 Å². The fraction of sp³-hybridized carbons (Fsp3) is 0.125. The first-order valence-electron chi connectivity index (χ1n) is 7.30. The zero-order chi connectivity index (χ0) is 17.8. The smallest absolute Gasteiger partial charge is 0.293 e. The van der Waals surface area contributed by atoms with Crippen LogP contribution in [0.15, 0.2) is 45.5 Å². The van der Waals surface area contributed by atoms with Crippen LogP contribution in [0.3, 0.4) is 0 Å². The molecule has 0 spiro atoms. The van der Waals surface area contributed by atoms with Gasteiger partial charge in [-0.3, -0.25) is 24.1 Å². The Bertz CT molecular complexity index is 882. The summed E-state index contributed by atoms with van der Waals surface area (Å²) in [5.41, 5.74) is -0.00165. The molecule has 7 nitrogen and oxygen atoms in total. The van der Waals surface area contributed by atoms with Gasteiger partial charge in [0.2, 0.25) is 5.56 Å². The van der Waals surface area contributed by atoms with Crippen molar-refractivity contribution in [2.75, 3.05) is 13.1 Å². The van der Waals surface area contributed by atoms with Gasteiger partial charge in [0.15, 0.2) is 0 Å². The van der Waals surface area contributed by atoms with Crippen LogP contribution < -0.4 is 10.9 Å². The lowest BCUT2D eigenvalue weighted by Gasteiger charge is -2.12. The van der Waals surface area contributed by atoms with Crippen LogP contribution in [0.2, 0.25) is 0 Å². The van der Waals surface area contributed by atoms with Gasteiger partial charge in [0.05, 0.1) is 10.5 Å². The van der Waals surface area contributed by atoms with Crippen LogP contribution in [0.25, 0.3) is 6.08 Å². The number of aromatic nitrogens is 1. The molecule has 3 heterocycles. The largest absolute Gasteiger partial charge is 0.350 e. The summed E-state index contributed by atoms with van der Waals surface area (Å²) >= 11 is 2.37. The second-order valence-corrected chi connectivity index (χ2v) is 7.02. The number of imide groups is 1. The lowest BCUT2D eigenvalue weighted by molar-refractivity contribution is -0.122. The number of hydrogen-bond acceptors (Lipinski definition) is 6. The Hall–Kier alpha value is -2.65. The Kier molecular flexibility index (Phi) is 5.15. The monoisotopic (exact) mass is 375 g/mol. The number of hydrogen-bond donors (Lipinski definition) is 2. The highest BCUT2D eigenvalue weighted by atomic mass is 32.2. The van der Waals surface area contributed by atoms with E-state index < -0.39 is 5.91 Å². The van der Waals surface area contributed by atoms with Crippen molar-refractivity contribution in [3.8, 4) is 0 Å². The van der Waals surface area contributed by atoms with Gasteiger partial charge in [0.1, 0.15) is 0 Å². The minimum absolute atomic E-state index is 0.0849. The van der Waals surface area contributed by atoms with E-state index in [1.807, 2.05) is 17.5 Å². The molecule has 3 rings (SSSR count). The fourth-order valence-electron chi connectivity index (χ4n) is 2.13. The molecular weight excluding hydrogens is 362 g/mol. The summed E-state index contributed by atoms with van der Waals surface area (Å²) < 4.78 is 0. The molecule has 0 bridgehead atoms. The van der Waals surface area contributed by atoms with Crippen molar-refractivity contribution in [2.45, 2.75) is 0 Å². The number of pyridine rings is 1. The molecule has 1 aliphatic heterocycles. The first-order chi connectivity index (χ1) is 12.0. The van der Waals surface area contributed by atoms with Crippen molar-refractivity contribution < 1.29 is 14.4 Å². The van der Waals surface area contributed by atoms with Gasteiger partial charge in [-0.15, -0.1) is 11.3 Å². The second kappa shape index (κ2) is 7.49. The quantitative estimate of drug-likeness (QED) is 0.778. The lowest BCUT2D eigenvalue weighted by Crippen LogP contribution is -2.37. The van der Waals surface area contributed by atoms with Gasteiger partial charge in [-0.25, -0.2) is 0 Å². The third-order valence-electron chi connectivity index (χ3n) is 3.36. The summed E-state index contributed by atoms with van der Waals surface area (Å²) in [7, 11) is 0. The average Bonchev–Trinajstić information content (AvgIpc) is 3.19. The molecule has 1 saturated heterocycles. The molecule has 1 fully saturated rings. The normalized spacial score (nSPS) is 15.8. The maximum absolute atomic E-state index is 12.3. The van der Waals surface area contributed by atoms with Crippen LogP contribution in [0.4, 0.5) is 4.79 Å². The van der Waals surface area contributed by atoms with Crippen molar-refractivity contribution >= 4 is 46.2 Å². The van der Waals surface area contributed by atoms with Gasteiger partial charge in [0, 0.05) is 30.2 Å². The Morgan fingerprint density at radius 1 is 1.24 bits per heavy atom. The number of thioether (sulfide) groups is 1. The Morgan fingerprint density at radius 3 is 2.76 bits per heavy atom. The first-order valence-corrected chi connectivity index (χ1v) is 9.00. The van der Waals surface area contributed by atoms with E-state index in [0.717, 1.165) is 21.5 Å². The maximum atomic E-state index is 12.3. The van der Waals surface area contributed by atoms with Crippen molar-refractivity contribution in [3.05, 3.63) is 61.5 Å². The standard InChI is InChI=1S/C16H13N3O4S2/c20-13-4-3-10(9-18-13)14(21)17-5-6-19-15(22)12(25-16(19)23)8-11-2-1-7-24-11/h1-4,7-9H,5-6H2,(H,17,21)(H,18,20)/b12-8+. The van der Waals surface area contributed by atoms with Gasteiger partial charge < -0.3 is 10.3 Å². The maximum Gasteiger partial charge on any atom is 0.293 e. The Balaban J connectivity index is 1.57. The van der Waals surface area contributed by atoms with Crippen LogP contribution in [0.1, 0.15) is 15.2 Å². The van der Waals surface area contributed by atoms with Crippen LogP contribution >= 0.6 is 23.1 Å². The molecule has 9 heteroatoms. The van der Waals surface area contributed by atoms with Crippen LogP contribution in [-0.2, 0) is 4.79 Å². The fourth-order valence-corrected chi connectivity index (χ4v) is 3.72. The van der Waals surface area contributed by atoms with Gasteiger partial charge in [-0.05, 0) is 35.4 Å². The molecule has 1 aliphatic rings. The highest BCUT2D eigenvalue weighted by Gasteiger charge is 2.34. The van der Waals surface area contributed by atoms with E-state index in [4.69, 9.17) is 0 Å². The van der Waals surface area contributed by atoms with E-state index in [-0.39, 0.29) is 29.8 Å². The predicted molar refractivity (Wildman–Crippen MR) is 96.4 cm³/mol. The third kappa shape index (κ3) is 4.06. The molecule has 0 saturated carbocycles. The number of carbonyl (C=O) groups is 3. The van der Waals surface area contributed by atoms with Crippen molar-refractivity contribution in [2.24, 2.45) is 0 Å². The van der Waals surface area contributed by atoms with E-state index >= 15 is 0 Å². The SMILES string of the molecule is O=C(NCCN1C(=O)S/C(=C/c2cccs2)C1=O)c1ccc(=O)[nH]c1. The van der Waals surface area contributed by atoms with Crippen LogP contribution in [-0.4, -0.2) is 40.0 Å². The first kappa shape index (κ1) is 17.2. The molecule has 0 atom stereocenters. The van der Waals surface area contributed by atoms with Gasteiger partial charge in [0.25, 0.3) is 17.1 Å². The molecule has 3 amide bonds. The van der Waals surface area contributed by atoms with Gasteiger partial charge >= 0.3 is 0 Å². The number of carbonyl (C=O) groups excluding carboxylic acids is 3. The number of rotatable bonds is 5. The summed E-state index contributed by atoms with van der Waals surface area (Å²) in [6.45, 7) is 0.212. The van der Waals surface area contributed by atoms with Crippen molar-refractivity contribution in [3.63, 3.8) is 0 Å². The minimum Gasteiger partial charge on any atom is -0.350 e. The molecule has 2 aromatic heterocycles. The molecule has 0 radical (unpaired) electrons. The Labute approximate surface area is 150 Å². The van der Waals surface area contributed by atoms with Gasteiger partial charge in [-0.2, -0.15) is 0 Å². The number of nitrogens with one attached hydrogen (secondary N) is 2. The predicted octanol–water partition coefficient (Wildman–Crippen LogP) is 1.90. The lowest BCUT2D eigenvalue weighted by atomic mass is 10.2. The summed E-state index contributed by atoms with van der Waals surface area (Å²) in [6.07, 6.45) is 3.00. The Morgan fingerprint density at radius 2 is 2.08 bits per heavy atom. The topological polar surface area (TPSA) is 99.3 Å². The van der Waals surface area contributed by atoms with E-state index in [2.05, 4.69) is 10.3 Å². The number of nitrogens with zero attached hydrogens (tertiary/aromatic N) is 1. The van der Waals surface area contributed by atoms with Crippen LogP contribution in [0.5, 0.6) is 0 Å². The minimum atomic E-state index is -0.391. The molecule has 0 unspecified atom stereocenters. The molecule has 128 valence electrons. The number of amides is 3. The summed E-state index contributed by atoms with van der Waals surface area (Å²) in [5, 5.41) is 4.15. The highest BCUT2D eigenvalue weighted by molar-refractivity contribution is 8.18. The van der Waals surface area contributed by atoms with E-state index in [1.165, 1.54) is 29.7 Å². The van der Waals surface area contributed by atoms with Crippen LogP contribution in [0, 0.1) is 0 Å². The molecule has 2 N–H and O–H groups in total. The molecule has 0 aliphatic carbocycles. The van der Waals surface area contributed by atoms with Crippen molar-refractivity contribution in [1.82, 2.24) is 15.2 Å². The van der Waals surface area contributed by atoms with Gasteiger partial charge in [-0.1, -0.05) is 6.07 Å². The zero-order valence-corrected chi connectivity index (χ0v) is 14.5. The average molecular weight is 375 g/mol. The van der Waals surface area contributed by atoms with E-state index in [1.54, 1.807) is 6.08 Å². The van der Waals surface area contributed by atoms with E-state index in [0.29, 0.717) is 10.5 Å². The number of thiophene rings is 1. The van der Waals surface area contributed by atoms with E-state index in [9.17, 15) is 19.2 Å². The summed E-state index contributed by atoms with van der Waals surface area (Å²) in [6, 6.07) is 6.38. The third-order valence-corrected chi connectivity index (χ3v) is 5.08. The number of aromatic amines is 1. The second-order valence-electron chi connectivity index (χ2n) is 5.05. The molecule has 2 aromatic rings.